The first-order chi connectivity index (χ1) is 13.3. The summed E-state index contributed by atoms with van der Waals surface area (Å²) in [5, 5.41) is 18.0. The normalized spacial score (nSPS) is 39.3. The van der Waals surface area contributed by atoms with Crippen LogP contribution in [0.4, 0.5) is 0 Å². The van der Waals surface area contributed by atoms with Crippen LogP contribution in [0.5, 0.6) is 0 Å². The molecule has 0 aromatic heterocycles. The second kappa shape index (κ2) is 7.90. The summed E-state index contributed by atoms with van der Waals surface area (Å²) in [6.07, 6.45) is 5.66. The molecule has 0 radical (unpaired) electrons. The molecule has 3 saturated heterocycles. The van der Waals surface area contributed by atoms with Crippen LogP contribution in [0.2, 0.25) is 5.02 Å². The zero-order valence-corrected chi connectivity index (χ0v) is 16.1. The zero-order valence-electron chi connectivity index (χ0n) is 15.3. The van der Waals surface area contributed by atoms with Crippen LogP contribution in [0.15, 0.2) is 24.3 Å². The van der Waals surface area contributed by atoms with Gasteiger partial charge >= 0.3 is 0 Å². The van der Waals surface area contributed by atoms with Crippen LogP contribution in [0, 0.1) is 5.92 Å². The molecule has 7 N–H and O–H groups in total. The topological polar surface area (TPSA) is 87.5 Å². The van der Waals surface area contributed by atoms with Crippen LogP contribution in [0.25, 0.3) is 0 Å². The van der Waals surface area contributed by atoms with Crippen molar-refractivity contribution < 1.29 is 0 Å². The van der Waals surface area contributed by atoms with E-state index in [1.165, 1.54) is 31.2 Å². The molecule has 0 bridgehead atoms. The van der Waals surface area contributed by atoms with E-state index < -0.39 is 0 Å². The maximum Gasteiger partial charge on any atom is 0.113 e. The van der Waals surface area contributed by atoms with Crippen molar-refractivity contribution in [2.75, 3.05) is 6.54 Å². The highest BCUT2D eigenvalue weighted by Gasteiger charge is 2.48. The van der Waals surface area contributed by atoms with Crippen molar-refractivity contribution in [2.45, 2.75) is 62.9 Å². The number of hydrogen-bond donors (Lipinski definition) is 7. The molecule has 4 fully saturated rings. The fraction of sp³-hybridized carbons (Fsp3) is 0.667. The van der Waals surface area contributed by atoms with Crippen molar-refractivity contribution in [3.8, 4) is 0 Å². The van der Waals surface area contributed by atoms with Gasteiger partial charge in [-0.1, -0.05) is 36.6 Å². The number of hydrazine groups is 3. The average molecular weight is 393 g/mol. The van der Waals surface area contributed by atoms with Crippen molar-refractivity contribution in [1.29, 1.82) is 0 Å². The molecule has 148 valence electrons. The lowest BCUT2D eigenvalue weighted by molar-refractivity contribution is 0.0501. The molecular formula is C18H29ClN8. The maximum atomic E-state index is 5.98. The first-order valence-electron chi connectivity index (χ1n) is 10.1. The third-order valence-electron chi connectivity index (χ3n) is 6.35. The minimum atomic E-state index is 0.0744. The van der Waals surface area contributed by atoms with E-state index in [-0.39, 0.29) is 18.6 Å². The molecule has 6 unspecified atom stereocenters. The number of rotatable bonds is 3. The van der Waals surface area contributed by atoms with Crippen LogP contribution in [-0.2, 0) is 6.54 Å². The van der Waals surface area contributed by atoms with Crippen molar-refractivity contribution in [3.63, 3.8) is 0 Å². The Labute approximate surface area is 165 Å². The molecule has 1 saturated carbocycles. The Morgan fingerprint density at radius 2 is 1.96 bits per heavy atom. The monoisotopic (exact) mass is 392 g/mol. The number of nitrogens with zero attached hydrogens (tertiary/aromatic N) is 1. The molecule has 6 atom stereocenters. The molecule has 3 heterocycles. The Morgan fingerprint density at radius 3 is 2.85 bits per heavy atom. The fourth-order valence-electron chi connectivity index (χ4n) is 4.93. The first-order valence-corrected chi connectivity index (χ1v) is 10.4. The van der Waals surface area contributed by atoms with Gasteiger partial charge in [-0.25, -0.2) is 10.4 Å². The highest BCUT2D eigenvalue weighted by Crippen LogP contribution is 2.30. The van der Waals surface area contributed by atoms with E-state index in [0.717, 1.165) is 18.1 Å². The van der Waals surface area contributed by atoms with E-state index in [0.29, 0.717) is 18.0 Å². The van der Waals surface area contributed by atoms with Gasteiger partial charge in [0.25, 0.3) is 0 Å². The maximum absolute atomic E-state index is 5.98. The lowest BCUT2D eigenvalue weighted by atomic mass is 9.90. The van der Waals surface area contributed by atoms with Gasteiger partial charge in [0.15, 0.2) is 0 Å². The van der Waals surface area contributed by atoms with Gasteiger partial charge in [0, 0.05) is 36.1 Å². The largest absolute Gasteiger partial charge is 0.297 e. The van der Waals surface area contributed by atoms with Gasteiger partial charge in [0.05, 0.1) is 12.3 Å². The minimum Gasteiger partial charge on any atom is -0.297 e. The third kappa shape index (κ3) is 3.74. The Hall–Kier alpha value is -0.810. The number of halogens is 1. The second-order valence-electron chi connectivity index (χ2n) is 8.02. The Bertz CT molecular complexity index is 643. The van der Waals surface area contributed by atoms with Crippen LogP contribution in [0.3, 0.4) is 0 Å². The molecular weight excluding hydrogens is 364 g/mol. The van der Waals surface area contributed by atoms with E-state index in [9.17, 15) is 0 Å². The smallest absolute Gasteiger partial charge is 0.113 e. The summed E-state index contributed by atoms with van der Waals surface area (Å²) < 4.78 is 0. The quantitative estimate of drug-likeness (QED) is 0.384. The van der Waals surface area contributed by atoms with Gasteiger partial charge in [0.2, 0.25) is 0 Å². The summed E-state index contributed by atoms with van der Waals surface area (Å²) in [6, 6.07) is 9.02. The summed E-state index contributed by atoms with van der Waals surface area (Å²) in [4.78, 5) is 0. The summed E-state index contributed by atoms with van der Waals surface area (Å²) in [5.41, 5.74) is 11.1. The third-order valence-corrected chi connectivity index (χ3v) is 6.60. The molecule has 8 nitrogen and oxygen atoms in total. The summed E-state index contributed by atoms with van der Waals surface area (Å²) in [7, 11) is 0. The van der Waals surface area contributed by atoms with Crippen LogP contribution < -0.4 is 37.8 Å². The van der Waals surface area contributed by atoms with Gasteiger partial charge in [-0.3, -0.25) is 21.3 Å². The highest BCUT2D eigenvalue weighted by atomic mass is 35.5. The SMILES string of the molecule is Clc1ccc(CNC2NCC3C(N2)NC2CCCCC2N2NNNC32)cc1. The highest BCUT2D eigenvalue weighted by molar-refractivity contribution is 6.30. The lowest BCUT2D eigenvalue weighted by Gasteiger charge is -2.41. The van der Waals surface area contributed by atoms with Gasteiger partial charge in [-0.05, 0) is 30.5 Å². The van der Waals surface area contributed by atoms with Gasteiger partial charge in [0.1, 0.15) is 6.29 Å². The van der Waals surface area contributed by atoms with E-state index in [1.807, 2.05) is 12.1 Å². The number of fused-ring (bicyclic) bond motifs is 5. The zero-order chi connectivity index (χ0) is 18.2. The molecule has 9 heteroatoms. The molecule has 27 heavy (non-hydrogen) atoms. The Kier molecular flexibility index (Phi) is 5.34. The number of nitrogens with one attached hydrogen (secondary N) is 7. The van der Waals surface area contributed by atoms with Gasteiger partial charge in [-0.15, -0.1) is 0 Å². The van der Waals surface area contributed by atoms with Crippen LogP contribution >= 0.6 is 11.6 Å². The minimum absolute atomic E-state index is 0.0744. The molecule has 1 aliphatic carbocycles. The van der Waals surface area contributed by atoms with Gasteiger partial charge in [-0.2, -0.15) is 11.1 Å². The molecule has 1 aromatic carbocycles. The molecule has 3 aliphatic heterocycles. The molecule has 1 aromatic rings. The first kappa shape index (κ1) is 18.2. The number of benzene rings is 1. The molecule has 0 amide bonds. The van der Waals surface area contributed by atoms with Crippen molar-refractivity contribution in [1.82, 2.24) is 42.8 Å². The van der Waals surface area contributed by atoms with E-state index in [1.54, 1.807) is 0 Å². The standard InChI is InChI=1S/C18H29ClN8/c19-12-7-5-11(6-8-12)9-20-18-21-10-13-16(23-18)22-14-3-1-2-4-15(14)27-17(13)24-25-26-27/h5-8,13-18,20-26H,1-4,9-10H2. The number of hydrogen-bond acceptors (Lipinski definition) is 8. The van der Waals surface area contributed by atoms with Crippen LogP contribution in [-0.4, -0.2) is 42.3 Å². The Balaban J connectivity index is 1.26. The predicted octanol–water partition coefficient (Wildman–Crippen LogP) is -0.0818. The summed E-state index contributed by atoms with van der Waals surface area (Å²) in [6.45, 7) is 1.72. The Morgan fingerprint density at radius 1 is 1.11 bits per heavy atom. The predicted molar refractivity (Wildman–Crippen MR) is 105 cm³/mol. The summed E-state index contributed by atoms with van der Waals surface area (Å²) in [5.74, 6) is 0.409. The van der Waals surface area contributed by atoms with Crippen molar-refractivity contribution in [2.24, 2.45) is 5.92 Å². The van der Waals surface area contributed by atoms with E-state index in [4.69, 9.17) is 11.6 Å². The van der Waals surface area contributed by atoms with Crippen molar-refractivity contribution in [3.05, 3.63) is 34.9 Å². The second-order valence-corrected chi connectivity index (χ2v) is 8.45. The van der Waals surface area contributed by atoms with Crippen molar-refractivity contribution >= 4 is 11.6 Å². The summed E-state index contributed by atoms with van der Waals surface area (Å²) >= 11 is 5.98. The lowest BCUT2D eigenvalue weighted by Crippen LogP contribution is -2.70. The van der Waals surface area contributed by atoms with Crippen LogP contribution in [0.1, 0.15) is 31.2 Å². The van der Waals surface area contributed by atoms with Gasteiger partial charge < -0.3 is 0 Å². The molecule has 0 spiro atoms. The van der Waals surface area contributed by atoms with E-state index >= 15 is 0 Å². The fourth-order valence-corrected chi connectivity index (χ4v) is 5.06. The molecule has 5 rings (SSSR count). The average Bonchev–Trinajstić information content (AvgIpc) is 3.13. The molecule has 4 aliphatic rings. The van der Waals surface area contributed by atoms with E-state index in [2.05, 4.69) is 54.9 Å².